The molecule has 0 aromatic carbocycles. The molecule has 0 atom stereocenters. The summed E-state index contributed by atoms with van der Waals surface area (Å²) < 4.78 is 27.0. The summed E-state index contributed by atoms with van der Waals surface area (Å²) in [5.41, 5.74) is 1.64. The third kappa shape index (κ3) is 3.90. The molecular weight excluding hydrogens is 390 g/mol. The lowest BCUT2D eigenvalue weighted by molar-refractivity contribution is 0.312. The van der Waals surface area contributed by atoms with Gasteiger partial charge in [0.25, 0.3) is 5.56 Å². The minimum atomic E-state index is -3.19. The van der Waals surface area contributed by atoms with Gasteiger partial charge in [0.05, 0.1) is 6.26 Å². The van der Waals surface area contributed by atoms with Crippen LogP contribution in [0, 0.1) is 6.92 Å². The molecule has 2 fully saturated rings. The molecule has 2 aromatic rings. The highest BCUT2D eigenvalue weighted by atomic mass is 32.2. The Labute approximate surface area is 171 Å². The number of hydrogen-bond donors (Lipinski definition) is 0. The highest BCUT2D eigenvalue weighted by Gasteiger charge is 2.29. The van der Waals surface area contributed by atoms with Crippen LogP contribution in [0.15, 0.2) is 17.1 Å². The lowest BCUT2D eigenvalue weighted by Crippen LogP contribution is -2.45. The van der Waals surface area contributed by atoms with Crippen LogP contribution >= 0.6 is 0 Å². The standard InChI is InChI=1S/C20H29N5O3S/c1-14-12-18(26)25(16-6-4-5-7-16)19-17(14)13-21-20(22-19)24-10-8-15(9-11-24)23(2)29(3,27)28/h12-13,15-16H,4-11H2,1-3H3. The summed E-state index contributed by atoms with van der Waals surface area (Å²) in [5.74, 6) is 0.620. The molecule has 0 bridgehead atoms. The Hall–Kier alpha value is -2.00. The molecule has 2 aromatic heterocycles. The molecular formula is C20H29N5O3S. The maximum absolute atomic E-state index is 12.8. The van der Waals surface area contributed by atoms with E-state index in [2.05, 4.69) is 9.88 Å². The largest absolute Gasteiger partial charge is 0.341 e. The zero-order valence-electron chi connectivity index (χ0n) is 17.3. The number of piperidine rings is 1. The van der Waals surface area contributed by atoms with Gasteiger partial charge >= 0.3 is 0 Å². The second-order valence-electron chi connectivity index (χ2n) is 8.38. The first kappa shape index (κ1) is 20.3. The highest BCUT2D eigenvalue weighted by molar-refractivity contribution is 7.88. The number of aryl methyl sites for hydroxylation is 1. The summed E-state index contributed by atoms with van der Waals surface area (Å²) in [6.45, 7) is 3.31. The lowest BCUT2D eigenvalue weighted by Gasteiger charge is -2.35. The first-order valence-corrected chi connectivity index (χ1v) is 12.2. The number of fused-ring (bicyclic) bond motifs is 1. The van der Waals surface area contributed by atoms with E-state index in [9.17, 15) is 13.2 Å². The van der Waals surface area contributed by atoms with E-state index in [-0.39, 0.29) is 17.6 Å². The van der Waals surface area contributed by atoms with Crippen LogP contribution in [0.2, 0.25) is 0 Å². The Morgan fingerprint density at radius 1 is 1.14 bits per heavy atom. The van der Waals surface area contributed by atoms with E-state index in [0.717, 1.165) is 55.1 Å². The molecule has 8 nitrogen and oxygen atoms in total. The molecule has 158 valence electrons. The fourth-order valence-electron chi connectivity index (χ4n) is 4.63. The number of aromatic nitrogens is 3. The summed E-state index contributed by atoms with van der Waals surface area (Å²) in [6.07, 6.45) is 8.85. The fourth-order valence-corrected chi connectivity index (χ4v) is 5.38. The molecule has 0 amide bonds. The van der Waals surface area contributed by atoms with Crippen LogP contribution < -0.4 is 10.5 Å². The van der Waals surface area contributed by atoms with Gasteiger partial charge in [-0.15, -0.1) is 0 Å². The van der Waals surface area contributed by atoms with E-state index in [1.165, 1.54) is 10.6 Å². The van der Waals surface area contributed by atoms with Crippen molar-refractivity contribution < 1.29 is 8.42 Å². The second-order valence-corrected chi connectivity index (χ2v) is 10.4. The van der Waals surface area contributed by atoms with Crippen molar-refractivity contribution in [3.63, 3.8) is 0 Å². The molecule has 4 rings (SSSR count). The van der Waals surface area contributed by atoms with Gasteiger partial charge in [0.1, 0.15) is 5.65 Å². The maximum atomic E-state index is 12.8. The maximum Gasteiger partial charge on any atom is 0.252 e. The van der Waals surface area contributed by atoms with Gasteiger partial charge in [-0.05, 0) is 38.2 Å². The first-order chi connectivity index (χ1) is 13.8. The Kier molecular flexibility index (Phi) is 5.37. The van der Waals surface area contributed by atoms with Gasteiger partial charge in [0, 0.05) is 49.9 Å². The van der Waals surface area contributed by atoms with Crippen LogP contribution in [0.4, 0.5) is 5.95 Å². The zero-order valence-corrected chi connectivity index (χ0v) is 18.2. The van der Waals surface area contributed by atoms with Crippen LogP contribution in [0.25, 0.3) is 11.0 Å². The van der Waals surface area contributed by atoms with Gasteiger partial charge < -0.3 is 4.90 Å². The topological polar surface area (TPSA) is 88.4 Å². The predicted octanol–water partition coefficient (Wildman–Crippen LogP) is 2.08. The van der Waals surface area contributed by atoms with Crippen molar-refractivity contribution in [2.45, 2.75) is 57.5 Å². The van der Waals surface area contributed by atoms with E-state index in [4.69, 9.17) is 4.98 Å². The number of pyridine rings is 1. The summed E-state index contributed by atoms with van der Waals surface area (Å²) in [4.78, 5) is 24.3. The van der Waals surface area contributed by atoms with Crippen LogP contribution in [-0.4, -0.2) is 59.7 Å². The SMILES string of the molecule is Cc1cc(=O)n(C2CCCC2)c2nc(N3CCC(N(C)S(C)(=O)=O)CC3)ncc12. The zero-order chi connectivity index (χ0) is 20.8. The molecule has 1 aliphatic carbocycles. The van der Waals surface area contributed by atoms with Crippen molar-refractivity contribution in [2.75, 3.05) is 31.3 Å². The monoisotopic (exact) mass is 419 g/mol. The number of sulfonamides is 1. The molecule has 1 saturated heterocycles. The quantitative estimate of drug-likeness (QED) is 0.754. The normalized spacial score (nSPS) is 19.5. The van der Waals surface area contributed by atoms with E-state index in [0.29, 0.717) is 19.0 Å². The summed E-state index contributed by atoms with van der Waals surface area (Å²) in [5, 5.41) is 0.923. The molecule has 2 aliphatic rings. The minimum absolute atomic E-state index is 0.000574. The Balaban J connectivity index is 1.64. The van der Waals surface area contributed by atoms with Crippen molar-refractivity contribution >= 4 is 27.0 Å². The molecule has 9 heteroatoms. The van der Waals surface area contributed by atoms with E-state index in [1.54, 1.807) is 13.1 Å². The molecule has 3 heterocycles. The third-order valence-corrected chi connectivity index (χ3v) is 7.81. The van der Waals surface area contributed by atoms with E-state index < -0.39 is 10.0 Å². The van der Waals surface area contributed by atoms with Crippen LogP contribution in [0.3, 0.4) is 0 Å². The fraction of sp³-hybridized carbons (Fsp3) is 0.650. The van der Waals surface area contributed by atoms with Crippen molar-refractivity contribution in [1.29, 1.82) is 0 Å². The van der Waals surface area contributed by atoms with Crippen molar-refractivity contribution in [3.8, 4) is 0 Å². The van der Waals surface area contributed by atoms with Crippen LogP contribution in [0.1, 0.15) is 50.1 Å². The van der Waals surface area contributed by atoms with Gasteiger partial charge in [-0.1, -0.05) is 12.8 Å². The van der Waals surface area contributed by atoms with Crippen molar-refractivity contribution in [2.24, 2.45) is 0 Å². The number of anilines is 1. The molecule has 0 unspecified atom stereocenters. The summed E-state index contributed by atoms with van der Waals surface area (Å²) in [6, 6.07) is 1.90. The molecule has 0 N–H and O–H groups in total. The number of rotatable bonds is 4. The molecule has 29 heavy (non-hydrogen) atoms. The number of nitrogens with zero attached hydrogens (tertiary/aromatic N) is 5. The Morgan fingerprint density at radius 2 is 1.79 bits per heavy atom. The number of hydrogen-bond acceptors (Lipinski definition) is 6. The van der Waals surface area contributed by atoms with Gasteiger partial charge in [-0.3, -0.25) is 9.36 Å². The van der Waals surface area contributed by atoms with Crippen molar-refractivity contribution in [3.05, 3.63) is 28.2 Å². The van der Waals surface area contributed by atoms with E-state index in [1.807, 2.05) is 17.7 Å². The van der Waals surface area contributed by atoms with Crippen LogP contribution in [0.5, 0.6) is 0 Å². The van der Waals surface area contributed by atoms with Gasteiger partial charge in [0.2, 0.25) is 16.0 Å². The molecule has 0 spiro atoms. The predicted molar refractivity (Wildman–Crippen MR) is 114 cm³/mol. The highest BCUT2D eigenvalue weighted by Crippen LogP contribution is 2.31. The Morgan fingerprint density at radius 3 is 2.41 bits per heavy atom. The lowest BCUT2D eigenvalue weighted by atomic mass is 10.1. The van der Waals surface area contributed by atoms with Gasteiger partial charge in [0.15, 0.2) is 0 Å². The molecule has 1 aliphatic heterocycles. The minimum Gasteiger partial charge on any atom is -0.341 e. The smallest absolute Gasteiger partial charge is 0.252 e. The molecule has 0 radical (unpaired) electrons. The van der Waals surface area contributed by atoms with Crippen molar-refractivity contribution in [1.82, 2.24) is 18.8 Å². The average Bonchev–Trinajstić information content (AvgIpc) is 3.20. The average molecular weight is 420 g/mol. The van der Waals surface area contributed by atoms with Crippen LogP contribution in [-0.2, 0) is 10.0 Å². The third-order valence-electron chi connectivity index (χ3n) is 6.46. The first-order valence-electron chi connectivity index (χ1n) is 10.3. The van der Waals surface area contributed by atoms with Gasteiger partial charge in [-0.25, -0.2) is 17.7 Å². The summed E-state index contributed by atoms with van der Waals surface area (Å²) in [7, 11) is -1.55. The molecule has 1 saturated carbocycles. The van der Waals surface area contributed by atoms with Gasteiger partial charge in [-0.2, -0.15) is 4.98 Å². The second kappa shape index (κ2) is 7.68. The summed E-state index contributed by atoms with van der Waals surface area (Å²) >= 11 is 0. The Bertz CT molecular complexity index is 1070. The van der Waals surface area contributed by atoms with E-state index >= 15 is 0 Å².